The molecule has 88 valence electrons. The molecule has 0 aliphatic heterocycles. The number of nitrogens with one attached hydrogen (secondary N) is 1. The predicted octanol–water partition coefficient (Wildman–Crippen LogP) is 2.86. The van der Waals surface area contributed by atoms with Gasteiger partial charge in [0.1, 0.15) is 5.82 Å². The maximum absolute atomic E-state index is 12.9. The van der Waals surface area contributed by atoms with Gasteiger partial charge in [0.15, 0.2) is 6.29 Å². The summed E-state index contributed by atoms with van der Waals surface area (Å²) < 4.78 is 22.9. The average Bonchev–Trinajstić information content (AvgIpc) is 2.29. The van der Waals surface area contributed by atoms with E-state index in [1.165, 1.54) is 32.4 Å². The summed E-state index contributed by atoms with van der Waals surface area (Å²) >= 11 is 5.63. The molecule has 0 aliphatic carbocycles. The number of benzene rings is 1. The minimum atomic E-state index is -0.492. The zero-order valence-electron chi connectivity index (χ0n) is 9.09. The van der Waals surface area contributed by atoms with E-state index in [0.717, 1.165) is 0 Å². The molecule has 5 heteroatoms. The third-order valence-corrected chi connectivity index (χ3v) is 2.45. The Morgan fingerprint density at radius 2 is 2.06 bits per heavy atom. The van der Waals surface area contributed by atoms with Crippen LogP contribution in [0.25, 0.3) is 0 Å². The van der Waals surface area contributed by atoms with Crippen molar-refractivity contribution in [2.45, 2.75) is 12.7 Å². The van der Waals surface area contributed by atoms with Gasteiger partial charge in [-0.2, -0.15) is 0 Å². The van der Waals surface area contributed by atoms with E-state index in [1.807, 2.05) is 0 Å². The van der Waals surface area contributed by atoms with E-state index in [-0.39, 0.29) is 17.2 Å². The third kappa shape index (κ3) is 3.27. The molecule has 0 saturated carbocycles. The van der Waals surface area contributed by atoms with Gasteiger partial charge in [0.25, 0.3) is 0 Å². The van der Waals surface area contributed by atoms with Crippen LogP contribution in [0.5, 0.6) is 0 Å². The summed E-state index contributed by atoms with van der Waals surface area (Å²) in [6, 6.07) is 4.16. The van der Waals surface area contributed by atoms with Crippen molar-refractivity contribution in [1.29, 1.82) is 5.41 Å². The standard InChI is InChI=1S/C11H13ClFNO2/c1-15-11(16-2)6-10(14)7-3-4-9(13)8(12)5-7/h3-5,11,14H,6H2,1-2H3. The van der Waals surface area contributed by atoms with Gasteiger partial charge in [-0.05, 0) is 17.7 Å². The number of hydrogen-bond acceptors (Lipinski definition) is 3. The van der Waals surface area contributed by atoms with Gasteiger partial charge in [-0.25, -0.2) is 4.39 Å². The maximum atomic E-state index is 12.9. The van der Waals surface area contributed by atoms with E-state index >= 15 is 0 Å². The van der Waals surface area contributed by atoms with E-state index in [4.69, 9.17) is 26.5 Å². The molecule has 0 atom stereocenters. The van der Waals surface area contributed by atoms with Crippen LogP contribution >= 0.6 is 11.6 Å². The van der Waals surface area contributed by atoms with Crippen LogP contribution in [0.15, 0.2) is 18.2 Å². The van der Waals surface area contributed by atoms with Crippen molar-refractivity contribution in [1.82, 2.24) is 0 Å². The maximum Gasteiger partial charge on any atom is 0.162 e. The van der Waals surface area contributed by atoms with Crippen molar-refractivity contribution in [2.75, 3.05) is 14.2 Å². The first-order valence-electron chi connectivity index (χ1n) is 4.67. The zero-order valence-corrected chi connectivity index (χ0v) is 9.84. The summed E-state index contributed by atoms with van der Waals surface area (Å²) in [5.74, 6) is -0.492. The quantitative estimate of drug-likeness (QED) is 0.640. The number of hydrogen-bond donors (Lipinski definition) is 1. The van der Waals surface area contributed by atoms with Crippen molar-refractivity contribution in [3.05, 3.63) is 34.6 Å². The summed E-state index contributed by atoms with van der Waals surface area (Å²) in [5, 5.41) is 7.80. The molecular formula is C11H13ClFNO2. The Hall–Kier alpha value is -0.970. The van der Waals surface area contributed by atoms with Gasteiger partial charge in [-0.3, -0.25) is 0 Å². The smallest absolute Gasteiger partial charge is 0.162 e. The van der Waals surface area contributed by atoms with Gasteiger partial charge in [0.2, 0.25) is 0 Å². The fraction of sp³-hybridized carbons (Fsp3) is 0.364. The molecule has 1 rings (SSSR count). The van der Waals surface area contributed by atoms with Gasteiger partial charge < -0.3 is 14.9 Å². The highest BCUT2D eigenvalue weighted by atomic mass is 35.5. The molecule has 0 spiro atoms. The van der Waals surface area contributed by atoms with E-state index in [9.17, 15) is 4.39 Å². The fourth-order valence-corrected chi connectivity index (χ4v) is 1.41. The second-order valence-corrected chi connectivity index (χ2v) is 3.62. The number of methoxy groups -OCH3 is 2. The van der Waals surface area contributed by atoms with Gasteiger partial charge in [0.05, 0.1) is 5.02 Å². The summed E-state index contributed by atoms with van der Waals surface area (Å²) in [6.45, 7) is 0. The molecule has 0 aromatic heterocycles. The number of rotatable bonds is 5. The second-order valence-electron chi connectivity index (χ2n) is 3.21. The molecule has 0 amide bonds. The lowest BCUT2D eigenvalue weighted by Crippen LogP contribution is -2.18. The van der Waals surface area contributed by atoms with Crippen LogP contribution in [0.4, 0.5) is 4.39 Å². The first-order valence-corrected chi connectivity index (χ1v) is 5.04. The van der Waals surface area contributed by atoms with Crippen LogP contribution in [0.3, 0.4) is 0 Å². The lowest BCUT2D eigenvalue weighted by atomic mass is 10.1. The Morgan fingerprint density at radius 3 is 2.56 bits per heavy atom. The Kier molecular flexibility index (Phi) is 4.86. The van der Waals surface area contributed by atoms with Gasteiger partial charge in [-0.1, -0.05) is 17.7 Å². The number of halogens is 2. The molecule has 0 aliphatic rings. The van der Waals surface area contributed by atoms with Crippen molar-refractivity contribution >= 4 is 17.3 Å². The average molecular weight is 246 g/mol. The summed E-state index contributed by atoms with van der Waals surface area (Å²) in [6.07, 6.45) is -0.189. The normalized spacial score (nSPS) is 10.8. The van der Waals surface area contributed by atoms with E-state index in [0.29, 0.717) is 5.56 Å². The van der Waals surface area contributed by atoms with E-state index in [2.05, 4.69) is 0 Å². The van der Waals surface area contributed by atoms with Crippen LogP contribution in [-0.4, -0.2) is 26.2 Å². The SMILES string of the molecule is COC(CC(=N)c1ccc(F)c(Cl)c1)OC. The Morgan fingerprint density at radius 1 is 1.44 bits per heavy atom. The highest BCUT2D eigenvalue weighted by molar-refractivity contribution is 6.31. The molecule has 1 aromatic carbocycles. The first kappa shape index (κ1) is 13.1. The minimum Gasteiger partial charge on any atom is -0.356 e. The monoisotopic (exact) mass is 245 g/mol. The molecule has 0 unspecified atom stereocenters. The molecule has 0 radical (unpaired) electrons. The van der Waals surface area contributed by atoms with E-state index < -0.39 is 12.1 Å². The predicted molar refractivity (Wildman–Crippen MR) is 60.7 cm³/mol. The minimum absolute atomic E-state index is 0.00799. The fourth-order valence-electron chi connectivity index (χ4n) is 1.23. The highest BCUT2D eigenvalue weighted by Crippen LogP contribution is 2.17. The van der Waals surface area contributed by atoms with Crippen molar-refractivity contribution in [3.8, 4) is 0 Å². The van der Waals surface area contributed by atoms with Crippen LogP contribution in [-0.2, 0) is 9.47 Å². The molecule has 0 saturated heterocycles. The lowest BCUT2D eigenvalue weighted by molar-refractivity contribution is -0.0958. The molecular weight excluding hydrogens is 233 g/mol. The van der Waals surface area contributed by atoms with Crippen molar-refractivity contribution in [2.24, 2.45) is 0 Å². The first-order chi connectivity index (χ1) is 7.58. The Bertz CT molecular complexity index is 380. The molecule has 0 fully saturated rings. The molecule has 1 aromatic rings. The lowest BCUT2D eigenvalue weighted by Gasteiger charge is -2.14. The highest BCUT2D eigenvalue weighted by Gasteiger charge is 2.12. The van der Waals surface area contributed by atoms with Crippen LogP contribution in [0.2, 0.25) is 5.02 Å². The van der Waals surface area contributed by atoms with Crippen LogP contribution < -0.4 is 0 Å². The van der Waals surface area contributed by atoms with Gasteiger partial charge in [-0.15, -0.1) is 0 Å². The van der Waals surface area contributed by atoms with Crippen LogP contribution in [0.1, 0.15) is 12.0 Å². The third-order valence-electron chi connectivity index (χ3n) is 2.16. The van der Waals surface area contributed by atoms with E-state index in [1.54, 1.807) is 0 Å². The van der Waals surface area contributed by atoms with Crippen molar-refractivity contribution in [3.63, 3.8) is 0 Å². The molecule has 0 heterocycles. The summed E-state index contributed by atoms with van der Waals surface area (Å²) in [5.41, 5.74) is 0.848. The van der Waals surface area contributed by atoms with Crippen LogP contribution in [0, 0.1) is 11.2 Å². The summed E-state index contributed by atoms with van der Waals surface area (Å²) in [7, 11) is 3.00. The van der Waals surface area contributed by atoms with Gasteiger partial charge >= 0.3 is 0 Å². The molecule has 1 N–H and O–H groups in total. The van der Waals surface area contributed by atoms with Gasteiger partial charge in [0, 0.05) is 26.4 Å². The Balaban J connectivity index is 2.76. The summed E-state index contributed by atoms with van der Waals surface area (Å²) in [4.78, 5) is 0. The molecule has 16 heavy (non-hydrogen) atoms. The Labute approximate surface area is 98.6 Å². The largest absolute Gasteiger partial charge is 0.356 e. The molecule has 0 bridgehead atoms. The van der Waals surface area contributed by atoms with Crippen molar-refractivity contribution < 1.29 is 13.9 Å². The second kappa shape index (κ2) is 5.94. The number of ether oxygens (including phenoxy) is 2. The topological polar surface area (TPSA) is 42.3 Å². The molecule has 3 nitrogen and oxygen atoms in total. The zero-order chi connectivity index (χ0) is 12.1.